The number of benzene rings is 2. The number of rotatable bonds is 6. The lowest BCUT2D eigenvalue weighted by molar-refractivity contribution is -0.130. The van der Waals surface area contributed by atoms with Gasteiger partial charge in [-0.2, -0.15) is 0 Å². The van der Waals surface area contributed by atoms with Crippen molar-refractivity contribution in [1.29, 1.82) is 0 Å². The summed E-state index contributed by atoms with van der Waals surface area (Å²) in [7, 11) is 1.64. The first kappa shape index (κ1) is 21.9. The maximum absolute atomic E-state index is 13.1. The molecule has 0 atom stereocenters. The Balaban J connectivity index is 1.47. The SMILES string of the molecule is COc1ccc(N2CCCN(C(=O)CCNC(=O)c3ccc(F)cc3Cl)CC2)cc1. The van der Waals surface area contributed by atoms with Crippen LogP contribution in [0.1, 0.15) is 23.2 Å². The van der Waals surface area contributed by atoms with Gasteiger partial charge < -0.3 is 19.9 Å². The molecule has 1 fully saturated rings. The minimum Gasteiger partial charge on any atom is -0.497 e. The molecule has 1 N–H and O–H groups in total. The minimum absolute atomic E-state index is 0.00270. The van der Waals surface area contributed by atoms with Crippen molar-refractivity contribution in [3.8, 4) is 5.75 Å². The molecule has 160 valence electrons. The van der Waals surface area contributed by atoms with Gasteiger partial charge in [0.15, 0.2) is 0 Å². The van der Waals surface area contributed by atoms with Crippen molar-refractivity contribution < 1.29 is 18.7 Å². The molecule has 1 saturated heterocycles. The van der Waals surface area contributed by atoms with E-state index in [0.717, 1.165) is 37.0 Å². The summed E-state index contributed by atoms with van der Waals surface area (Å²) in [6, 6.07) is 11.5. The lowest BCUT2D eigenvalue weighted by atomic mass is 10.2. The van der Waals surface area contributed by atoms with Crippen LogP contribution in [0.4, 0.5) is 10.1 Å². The number of methoxy groups -OCH3 is 1. The van der Waals surface area contributed by atoms with Crippen LogP contribution in [0.25, 0.3) is 0 Å². The average Bonchev–Trinajstić information content (AvgIpc) is 3.00. The number of amides is 2. The molecular weight excluding hydrogens is 409 g/mol. The van der Waals surface area contributed by atoms with E-state index in [1.807, 2.05) is 29.2 Å². The van der Waals surface area contributed by atoms with Gasteiger partial charge in [-0.15, -0.1) is 0 Å². The van der Waals surface area contributed by atoms with Gasteiger partial charge in [-0.05, 0) is 48.9 Å². The molecule has 0 bridgehead atoms. The van der Waals surface area contributed by atoms with Crippen LogP contribution in [0.5, 0.6) is 5.75 Å². The lowest BCUT2D eigenvalue weighted by Gasteiger charge is -2.24. The first-order valence-electron chi connectivity index (χ1n) is 9.88. The number of anilines is 1. The first-order valence-corrected chi connectivity index (χ1v) is 10.3. The number of carbonyl (C=O) groups excluding carboxylic acids is 2. The molecule has 1 aliphatic heterocycles. The Labute approximate surface area is 180 Å². The number of ether oxygens (including phenoxy) is 1. The predicted octanol–water partition coefficient (Wildman–Crippen LogP) is 3.35. The maximum Gasteiger partial charge on any atom is 0.252 e. The van der Waals surface area contributed by atoms with Crippen molar-refractivity contribution in [2.45, 2.75) is 12.8 Å². The molecule has 1 aliphatic rings. The van der Waals surface area contributed by atoms with E-state index in [1.54, 1.807) is 7.11 Å². The highest BCUT2D eigenvalue weighted by atomic mass is 35.5. The number of nitrogens with zero attached hydrogens (tertiary/aromatic N) is 2. The third-order valence-corrected chi connectivity index (χ3v) is 5.40. The fourth-order valence-electron chi connectivity index (χ4n) is 3.43. The number of hydrogen-bond donors (Lipinski definition) is 1. The average molecular weight is 434 g/mol. The third-order valence-electron chi connectivity index (χ3n) is 5.09. The van der Waals surface area contributed by atoms with Crippen LogP contribution in [0, 0.1) is 5.82 Å². The summed E-state index contributed by atoms with van der Waals surface area (Å²) in [6.45, 7) is 3.13. The Bertz CT molecular complexity index is 892. The molecular formula is C22H25ClFN3O3. The van der Waals surface area contributed by atoms with Crippen LogP contribution >= 0.6 is 11.6 Å². The molecule has 3 rings (SSSR count). The Kier molecular flexibility index (Phi) is 7.52. The number of carbonyl (C=O) groups is 2. The second-order valence-corrected chi connectivity index (χ2v) is 7.46. The zero-order chi connectivity index (χ0) is 21.5. The standard InChI is InChI=1S/C22H25ClFN3O3/c1-30-18-6-4-17(5-7-18)26-11-2-12-27(14-13-26)21(28)9-10-25-22(29)19-8-3-16(24)15-20(19)23/h3-8,15H,2,9-14H2,1H3,(H,25,29). The van der Waals surface area contributed by atoms with E-state index in [-0.39, 0.29) is 29.5 Å². The minimum atomic E-state index is -0.503. The molecule has 2 amide bonds. The first-order chi connectivity index (χ1) is 14.5. The molecule has 0 aliphatic carbocycles. The lowest BCUT2D eigenvalue weighted by Crippen LogP contribution is -2.37. The summed E-state index contributed by atoms with van der Waals surface area (Å²) < 4.78 is 18.3. The smallest absolute Gasteiger partial charge is 0.252 e. The summed E-state index contributed by atoms with van der Waals surface area (Å²) in [4.78, 5) is 28.8. The molecule has 0 spiro atoms. The van der Waals surface area contributed by atoms with Crippen LogP contribution in [0.15, 0.2) is 42.5 Å². The summed E-state index contributed by atoms with van der Waals surface area (Å²) >= 11 is 5.90. The van der Waals surface area contributed by atoms with Gasteiger partial charge in [0, 0.05) is 44.8 Å². The molecule has 0 radical (unpaired) electrons. The number of halogens is 2. The molecule has 0 saturated carbocycles. The highest BCUT2D eigenvalue weighted by Crippen LogP contribution is 2.21. The van der Waals surface area contributed by atoms with Crippen molar-refractivity contribution in [3.05, 3.63) is 58.9 Å². The van der Waals surface area contributed by atoms with E-state index in [9.17, 15) is 14.0 Å². The van der Waals surface area contributed by atoms with Crippen molar-refractivity contribution in [2.24, 2.45) is 0 Å². The fourth-order valence-corrected chi connectivity index (χ4v) is 3.68. The van der Waals surface area contributed by atoms with Gasteiger partial charge in [-0.25, -0.2) is 4.39 Å². The van der Waals surface area contributed by atoms with Crippen molar-refractivity contribution in [1.82, 2.24) is 10.2 Å². The van der Waals surface area contributed by atoms with Crippen LogP contribution in [0.3, 0.4) is 0 Å². The Hall–Kier alpha value is -2.80. The summed E-state index contributed by atoms with van der Waals surface area (Å²) in [5.41, 5.74) is 1.30. The highest BCUT2D eigenvalue weighted by Gasteiger charge is 2.19. The molecule has 1 heterocycles. The number of nitrogens with one attached hydrogen (secondary N) is 1. The fraction of sp³-hybridized carbons (Fsp3) is 0.364. The Morgan fingerprint density at radius 3 is 2.57 bits per heavy atom. The Morgan fingerprint density at radius 1 is 1.10 bits per heavy atom. The van der Waals surface area contributed by atoms with Gasteiger partial charge in [0.2, 0.25) is 5.91 Å². The van der Waals surface area contributed by atoms with E-state index in [4.69, 9.17) is 16.3 Å². The third kappa shape index (κ3) is 5.63. The molecule has 8 heteroatoms. The van der Waals surface area contributed by atoms with Gasteiger partial charge in [-0.1, -0.05) is 11.6 Å². The molecule has 0 unspecified atom stereocenters. The van der Waals surface area contributed by atoms with Crippen LogP contribution in [-0.4, -0.2) is 56.5 Å². The quantitative estimate of drug-likeness (QED) is 0.759. The van der Waals surface area contributed by atoms with E-state index >= 15 is 0 Å². The number of hydrogen-bond acceptors (Lipinski definition) is 4. The normalized spacial score (nSPS) is 14.2. The summed E-state index contributed by atoms with van der Waals surface area (Å²) in [5.74, 6) is -0.114. The van der Waals surface area contributed by atoms with Gasteiger partial charge in [0.1, 0.15) is 11.6 Å². The maximum atomic E-state index is 13.1. The van der Waals surface area contributed by atoms with E-state index < -0.39 is 11.7 Å². The van der Waals surface area contributed by atoms with Crippen molar-refractivity contribution in [2.75, 3.05) is 44.7 Å². The zero-order valence-corrected chi connectivity index (χ0v) is 17.6. The second kappa shape index (κ2) is 10.3. The van der Waals surface area contributed by atoms with Gasteiger partial charge in [-0.3, -0.25) is 9.59 Å². The van der Waals surface area contributed by atoms with Crippen molar-refractivity contribution in [3.63, 3.8) is 0 Å². The van der Waals surface area contributed by atoms with Crippen LogP contribution in [0.2, 0.25) is 5.02 Å². The molecule has 2 aromatic carbocycles. The summed E-state index contributed by atoms with van der Waals surface area (Å²) in [6.07, 6.45) is 1.07. The topological polar surface area (TPSA) is 61.9 Å². The molecule has 6 nitrogen and oxygen atoms in total. The second-order valence-electron chi connectivity index (χ2n) is 7.05. The van der Waals surface area contributed by atoms with E-state index in [1.165, 1.54) is 12.1 Å². The van der Waals surface area contributed by atoms with Crippen molar-refractivity contribution >= 4 is 29.1 Å². The van der Waals surface area contributed by atoms with Crippen LogP contribution < -0.4 is 15.0 Å². The monoisotopic (exact) mass is 433 g/mol. The van der Waals surface area contributed by atoms with Crippen LogP contribution in [-0.2, 0) is 4.79 Å². The predicted molar refractivity (Wildman–Crippen MR) is 115 cm³/mol. The van der Waals surface area contributed by atoms with E-state index in [2.05, 4.69) is 10.2 Å². The van der Waals surface area contributed by atoms with E-state index in [0.29, 0.717) is 13.1 Å². The molecule has 30 heavy (non-hydrogen) atoms. The van der Waals surface area contributed by atoms with Gasteiger partial charge in [0.05, 0.1) is 17.7 Å². The zero-order valence-electron chi connectivity index (χ0n) is 16.9. The summed E-state index contributed by atoms with van der Waals surface area (Å²) in [5, 5.41) is 2.72. The Morgan fingerprint density at radius 2 is 1.87 bits per heavy atom. The molecule has 2 aromatic rings. The molecule has 0 aromatic heterocycles. The van der Waals surface area contributed by atoms with Gasteiger partial charge in [0.25, 0.3) is 5.91 Å². The highest BCUT2D eigenvalue weighted by molar-refractivity contribution is 6.33. The van der Waals surface area contributed by atoms with Gasteiger partial charge >= 0.3 is 0 Å². The largest absolute Gasteiger partial charge is 0.497 e.